The Hall–Kier alpha value is -1.99. The summed E-state index contributed by atoms with van der Waals surface area (Å²) in [6.07, 6.45) is 3.44. The SMILES string of the molecule is CSCCC(NC(=O)C1CCCN1)C(=O)NC(CCC(N)=O)C(=O)NC(CS)C(=O)O. The van der Waals surface area contributed by atoms with E-state index in [1.165, 1.54) is 11.8 Å². The van der Waals surface area contributed by atoms with Crippen LogP contribution in [0.3, 0.4) is 0 Å². The Morgan fingerprint density at radius 3 is 2.19 bits per heavy atom. The van der Waals surface area contributed by atoms with E-state index in [0.717, 1.165) is 13.0 Å². The number of carboxylic acids is 1. The first kappa shape index (κ1) is 27.0. The van der Waals surface area contributed by atoms with Gasteiger partial charge in [-0.25, -0.2) is 4.79 Å². The maximum Gasteiger partial charge on any atom is 0.327 e. The normalized spacial score (nSPS) is 18.5. The molecule has 1 heterocycles. The van der Waals surface area contributed by atoms with Crippen LogP contribution in [0.5, 0.6) is 0 Å². The van der Waals surface area contributed by atoms with Crippen molar-refractivity contribution in [1.29, 1.82) is 0 Å². The average Bonchev–Trinajstić information content (AvgIpc) is 3.26. The molecule has 4 unspecified atom stereocenters. The van der Waals surface area contributed by atoms with Gasteiger partial charge in [0, 0.05) is 12.2 Å². The summed E-state index contributed by atoms with van der Waals surface area (Å²) >= 11 is 5.39. The van der Waals surface area contributed by atoms with Crippen LogP contribution in [-0.4, -0.2) is 83.2 Å². The molecular formula is C18H31N5O6S2. The molecule has 4 amide bonds. The van der Waals surface area contributed by atoms with Crippen LogP contribution < -0.4 is 27.0 Å². The highest BCUT2D eigenvalue weighted by Gasteiger charge is 2.31. The van der Waals surface area contributed by atoms with Crippen LogP contribution >= 0.6 is 24.4 Å². The Bertz CT molecular complexity index is 659. The fraction of sp³-hybridized carbons (Fsp3) is 0.722. The number of amides is 4. The predicted molar refractivity (Wildman–Crippen MR) is 120 cm³/mol. The number of thiol groups is 1. The Kier molecular flexibility index (Phi) is 12.3. The third kappa shape index (κ3) is 9.78. The highest BCUT2D eigenvalue weighted by atomic mass is 32.2. The second kappa shape index (κ2) is 14.1. The number of hydrogen-bond acceptors (Lipinski definition) is 8. The molecule has 176 valence electrons. The smallest absolute Gasteiger partial charge is 0.327 e. The first-order valence-corrected chi connectivity index (χ1v) is 12.0. The minimum absolute atomic E-state index is 0.112. The Morgan fingerprint density at radius 1 is 1.10 bits per heavy atom. The molecule has 0 bridgehead atoms. The number of hydrogen-bond donors (Lipinski definition) is 7. The Morgan fingerprint density at radius 2 is 1.71 bits per heavy atom. The van der Waals surface area contributed by atoms with Gasteiger partial charge in [-0.1, -0.05) is 0 Å². The molecule has 0 aromatic carbocycles. The zero-order valence-electron chi connectivity index (χ0n) is 17.4. The topological polar surface area (TPSA) is 180 Å². The standard InChI is InChI=1S/C18H31N5O6S2/c1-31-8-6-12(22-15(25)10-3-2-7-20-10)17(27)21-11(4-5-14(19)24)16(26)23-13(9-30)18(28)29/h10-13,20,30H,2-9H2,1H3,(H2,19,24)(H,21,27)(H,22,25)(H,23,26)(H,28,29). The number of rotatable bonds is 14. The summed E-state index contributed by atoms with van der Waals surface area (Å²) in [7, 11) is 0. The fourth-order valence-corrected chi connectivity index (χ4v) is 3.69. The van der Waals surface area contributed by atoms with Crippen molar-refractivity contribution >= 4 is 54.0 Å². The molecule has 0 spiro atoms. The average molecular weight is 478 g/mol. The van der Waals surface area contributed by atoms with E-state index in [9.17, 15) is 24.0 Å². The van der Waals surface area contributed by atoms with E-state index in [1.54, 1.807) is 0 Å². The van der Waals surface area contributed by atoms with Crippen molar-refractivity contribution in [3.63, 3.8) is 0 Å². The molecular weight excluding hydrogens is 446 g/mol. The molecule has 7 N–H and O–H groups in total. The van der Waals surface area contributed by atoms with Gasteiger partial charge in [0.05, 0.1) is 6.04 Å². The zero-order chi connectivity index (χ0) is 23.4. The molecule has 11 nitrogen and oxygen atoms in total. The molecule has 1 rings (SSSR count). The summed E-state index contributed by atoms with van der Waals surface area (Å²) in [6.45, 7) is 0.727. The Balaban J connectivity index is 2.87. The van der Waals surface area contributed by atoms with E-state index in [0.29, 0.717) is 18.6 Å². The van der Waals surface area contributed by atoms with Gasteiger partial charge in [0.1, 0.15) is 18.1 Å². The minimum atomic E-state index is -1.28. The molecule has 0 radical (unpaired) electrons. The summed E-state index contributed by atoms with van der Waals surface area (Å²) in [4.78, 5) is 60.2. The van der Waals surface area contributed by atoms with Crippen LogP contribution in [-0.2, 0) is 24.0 Å². The van der Waals surface area contributed by atoms with Gasteiger partial charge in [-0.3, -0.25) is 19.2 Å². The van der Waals surface area contributed by atoms with Gasteiger partial charge < -0.3 is 32.1 Å². The highest BCUT2D eigenvalue weighted by Crippen LogP contribution is 2.08. The van der Waals surface area contributed by atoms with Crippen LogP contribution in [0, 0.1) is 0 Å². The van der Waals surface area contributed by atoms with Crippen LogP contribution in [0.4, 0.5) is 0 Å². The monoisotopic (exact) mass is 477 g/mol. The lowest BCUT2D eigenvalue weighted by atomic mass is 10.1. The summed E-state index contributed by atoms with van der Waals surface area (Å²) in [5, 5.41) is 19.7. The molecule has 0 saturated carbocycles. The molecule has 1 saturated heterocycles. The minimum Gasteiger partial charge on any atom is -0.480 e. The van der Waals surface area contributed by atoms with E-state index >= 15 is 0 Å². The van der Waals surface area contributed by atoms with Gasteiger partial charge in [-0.05, 0) is 44.2 Å². The molecule has 1 aliphatic heterocycles. The summed E-state index contributed by atoms with van der Waals surface area (Å²) in [5.74, 6) is -3.18. The summed E-state index contributed by atoms with van der Waals surface area (Å²) in [6, 6.07) is -3.71. The highest BCUT2D eigenvalue weighted by molar-refractivity contribution is 7.98. The molecule has 0 aromatic rings. The number of thioether (sulfide) groups is 1. The lowest BCUT2D eigenvalue weighted by Gasteiger charge is -2.24. The molecule has 13 heteroatoms. The van der Waals surface area contributed by atoms with Gasteiger partial charge in [0.15, 0.2) is 0 Å². The van der Waals surface area contributed by atoms with Crippen molar-refractivity contribution in [2.75, 3.05) is 24.3 Å². The zero-order valence-corrected chi connectivity index (χ0v) is 19.1. The van der Waals surface area contributed by atoms with Gasteiger partial charge in [-0.2, -0.15) is 24.4 Å². The quantitative estimate of drug-likeness (QED) is 0.144. The lowest BCUT2D eigenvalue weighted by molar-refractivity contribution is -0.141. The number of nitrogens with one attached hydrogen (secondary N) is 4. The number of primary amides is 1. The number of carbonyl (C=O) groups excluding carboxylic acids is 4. The van der Waals surface area contributed by atoms with E-state index in [4.69, 9.17) is 10.8 Å². The van der Waals surface area contributed by atoms with Gasteiger partial charge in [0.2, 0.25) is 23.6 Å². The van der Waals surface area contributed by atoms with Crippen LogP contribution in [0.25, 0.3) is 0 Å². The van der Waals surface area contributed by atoms with E-state index in [-0.39, 0.29) is 30.5 Å². The maximum atomic E-state index is 12.9. The first-order chi connectivity index (χ1) is 14.7. The number of aliphatic carboxylic acids is 1. The molecule has 0 aromatic heterocycles. The Labute approximate surface area is 190 Å². The van der Waals surface area contributed by atoms with Crippen molar-refractivity contribution in [2.45, 2.75) is 56.3 Å². The lowest BCUT2D eigenvalue weighted by Crippen LogP contribution is -2.57. The summed E-state index contributed by atoms with van der Waals surface area (Å²) < 4.78 is 0. The first-order valence-electron chi connectivity index (χ1n) is 9.95. The molecule has 0 aliphatic carbocycles. The van der Waals surface area contributed by atoms with Crippen LogP contribution in [0.1, 0.15) is 32.1 Å². The second-order valence-electron chi connectivity index (χ2n) is 7.14. The van der Waals surface area contributed by atoms with E-state index in [1.807, 2.05) is 6.26 Å². The molecule has 1 fully saturated rings. The third-order valence-corrected chi connectivity index (χ3v) is 5.74. The fourth-order valence-electron chi connectivity index (χ4n) is 2.97. The van der Waals surface area contributed by atoms with Crippen molar-refractivity contribution < 1.29 is 29.1 Å². The number of nitrogens with two attached hydrogens (primary N) is 1. The second-order valence-corrected chi connectivity index (χ2v) is 8.49. The van der Waals surface area contributed by atoms with Crippen molar-refractivity contribution in [2.24, 2.45) is 5.73 Å². The molecule has 31 heavy (non-hydrogen) atoms. The van der Waals surface area contributed by atoms with E-state index in [2.05, 4.69) is 33.9 Å². The summed E-state index contributed by atoms with van der Waals surface area (Å²) in [5.41, 5.74) is 5.15. The van der Waals surface area contributed by atoms with Crippen molar-refractivity contribution in [3.05, 3.63) is 0 Å². The molecule has 4 atom stereocenters. The van der Waals surface area contributed by atoms with Gasteiger partial charge in [-0.15, -0.1) is 0 Å². The van der Waals surface area contributed by atoms with E-state index < -0.39 is 41.8 Å². The number of carbonyl (C=O) groups is 5. The van der Waals surface area contributed by atoms with Crippen LogP contribution in [0.2, 0.25) is 0 Å². The maximum absolute atomic E-state index is 12.9. The van der Waals surface area contributed by atoms with Gasteiger partial charge in [0.25, 0.3) is 0 Å². The van der Waals surface area contributed by atoms with Crippen molar-refractivity contribution in [3.8, 4) is 0 Å². The van der Waals surface area contributed by atoms with Crippen molar-refractivity contribution in [1.82, 2.24) is 21.3 Å². The number of carboxylic acid groups (broad SMARTS) is 1. The third-order valence-electron chi connectivity index (χ3n) is 4.73. The van der Waals surface area contributed by atoms with Crippen LogP contribution in [0.15, 0.2) is 0 Å². The largest absolute Gasteiger partial charge is 0.480 e. The molecule has 1 aliphatic rings. The predicted octanol–water partition coefficient (Wildman–Crippen LogP) is -1.77. The van der Waals surface area contributed by atoms with Gasteiger partial charge >= 0.3 is 5.97 Å².